The Hall–Kier alpha value is 0.230. The third-order valence-electron chi connectivity index (χ3n) is 3.82. The molecule has 0 aromatic rings. The van der Waals surface area contributed by atoms with Gasteiger partial charge in [-0.2, -0.15) is 0 Å². The first-order valence-corrected chi connectivity index (χ1v) is 9.10. The lowest BCUT2D eigenvalue weighted by Gasteiger charge is -2.27. The van der Waals surface area contributed by atoms with Crippen LogP contribution in [0.15, 0.2) is 0 Å². The van der Waals surface area contributed by atoms with Crippen LogP contribution in [0.4, 0.5) is 0 Å². The number of hydrogen-bond acceptors (Lipinski definition) is 1. The molecule has 0 spiro atoms. The number of unbranched alkanes of at least 4 members (excludes halogenated alkanes) is 4. The van der Waals surface area contributed by atoms with Crippen LogP contribution in [0.5, 0.6) is 0 Å². The molecule has 0 heterocycles. The van der Waals surface area contributed by atoms with Gasteiger partial charge >= 0.3 is 0 Å². The SMILES string of the molecule is CCCCCCCP(=O)(C(C)C)C(C)CC. The van der Waals surface area contributed by atoms with Crippen molar-refractivity contribution in [1.29, 1.82) is 0 Å². The van der Waals surface area contributed by atoms with E-state index in [0.717, 1.165) is 12.6 Å². The van der Waals surface area contributed by atoms with Gasteiger partial charge in [0.15, 0.2) is 0 Å². The average molecular weight is 246 g/mol. The Morgan fingerprint density at radius 1 is 0.938 bits per heavy atom. The average Bonchev–Trinajstić information content (AvgIpc) is 2.27. The lowest BCUT2D eigenvalue weighted by atomic mass is 10.2. The van der Waals surface area contributed by atoms with Crippen molar-refractivity contribution >= 4 is 7.14 Å². The predicted octanol–water partition coefficient (Wildman–Crippen LogP) is 5.53. The first-order valence-electron chi connectivity index (χ1n) is 7.07. The molecule has 0 amide bonds. The van der Waals surface area contributed by atoms with Crippen LogP contribution in [0, 0.1) is 0 Å². The second kappa shape index (κ2) is 8.34. The van der Waals surface area contributed by atoms with Crippen molar-refractivity contribution in [3.63, 3.8) is 0 Å². The van der Waals surface area contributed by atoms with Gasteiger partial charge in [-0.15, -0.1) is 0 Å². The Bertz CT molecular complexity index is 211. The molecular weight excluding hydrogens is 215 g/mol. The van der Waals surface area contributed by atoms with E-state index in [0.29, 0.717) is 11.3 Å². The first-order chi connectivity index (χ1) is 7.49. The summed E-state index contributed by atoms with van der Waals surface area (Å²) in [4.78, 5) is 0. The second-order valence-corrected chi connectivity index (χ2v) is 9.41. The molecule has 0 aliphatic heterocycles. The molecule has 1 nitrogen and oxygen atoms in total. The van der Waals surface area contributed by atoms with Crippen molar-refractivity contribution < 1.29 is 4.57 Å². The van der Waals surface area contributed by atoms with Crippen molar-refractivity contribution in [2.24, 2.45) is 0 Å². The fourth-order valence-electron chi connectivity index (χ4n) is 2.26. The molecule has 0 fully saturated rings. The van der Waals surface area contributed by atoms with E-state index in [4.69, 9.17) is 0 Å². The molecular formula is C14H31OP. The van der Waals surface area contributed by atoms with Gasteiger partial charge in [-0.05, 0) is 12.8 Å². The van der Waals surface area contributed by atoms with E-state index < -0.39 is 7.14 Å². The van der Waals surface area contributed by atoms with Crippen LogP contribution in [-0.4, -0.2) is 17.5 Å². The van der Waals surface area contributed by atoms with Crippen molar-refractivity contribution in [2.45, 2.75) is 84.5 Å². The van der Waals surface area contributed by atoms with Crippen LogP contribution in [0.3, 0.4) is 0 Å². The van der Waals surface area contributed by atoms with Crippen LogP contribution in [0.2, 0.25) is 0 Å². The summed E-state index contributed by atoms with van der Waals surface area (Å²) in [5, 5.41) is 0. The zero-order valence-corrected chi connectivity index (χ0v) is 12.9. The first kappa shape index (κ1) is 16.2. The summed E-state index contributed by atoms with van der Waals surface area (Å²) in [6.45, 7) is 10.8. The quantitative estimate of drug-likeness (QED) is 0.386. The van der Waals surface area contributed by atoms with Crippen molar-refractivity contribution in [3.05, 3.63) is 0 Å². The van der Waals surface area contributed by atoms with Gasteiger partial charge in [0.2, 0.25) is 0 Å². The minimum absolute atomic E-state index is 0.369. The standard InChI is InChI=1S/C14H31OP/c1-6-8-9-10-11-12-16(15,13(3)4)14(5)7-2/h13-14H,6-12H2,1-5H3. The molecule has 2 heteroatoms. The predicted molar refractivity (Wildman–Crippen MR) is 76.1 cm³/mol. The van der Waals surface area contributed by atoms with Crippen molar-refractivity contribution in [1.82, 2.24) is 0 Å². The van der Waals surface area contributed by atoms with Gasteiger partial charge in [0.05, 0.1) is 7.14 Å². The Labute approximate surface area is 103 Å². The monoisotopic (exact) mass is 246 g/mol. The molecule has 0 saturated heterocycles. The molecule has 0 aliphatic rings. The maximum atomic E-state index is 12.9. The van der Waals surface area contributed by atoms with Crippen LogP contribution >= 0.6 is 7.14 Å². The zero-order chi connectivity index (χ0) is 12.6. The highest BCUT2D eigenvalue weighted by Crippen LogP contribution is 2.56. The maximum absolute atomic E-state index is 12.9. The van der Waals surface area contributed by atoms with Gasteiger partial charge in [-0.3, -0.25) is 0 Å². The lowest BCUT2D eigenvalue weighted by Crippen LogP contribution is -2.13. The molecule has 0 rings (SSSR count). The molecule has 0 saturated carbocycles. The van der Waals surface area contributed by atoms with Crippen molar-refractivity contribution in [3.8, 4) is 0 Å². The Kier molecular flexibility index (Phi) is 8.46. The molecule has 0 N–H and O–H groups in total. The summed E-state index contributed by atoms with van der Waals surface area (Å²) in [5.74, 6) is 0. The Balaban J connectivity index is 4.09. The van der Waals surface area contributed by atoms with E-state index in [2.05, 4.69) is 34.6 Å². The summed E-state index contributed by atoms with van der Waals surface area (Å²) < 4.78 is 12.9. The number of hydrogen-bond donors (Lipinski definition) is 0. The number of rotatable bonds is 9. The van der Waals surface area contributed by atoms with Crippen LogP contribution in [-0.2, 0) is 4.57 Å². The van der Waals surface area contributed by atoms with Gasteiger partial charge in [0.25, 0.3) is 0 Å². The lowest BCUT2D eigenvalue weighted by molar-refractivity contribution is 0.551. The minimum Gasteiger partial charge on any atom is -0.323 e. The minimum atomic E-state index is -1.93. The largest absolute Gasteiger partial charge is 0.323 e. The Morgan fingerprint density at radius 3 is 1.94 bits per heavy atom. The summed E-state index contributed by atoms with van der Waals surface area (Å²) in [5.41, 5.74) is 0.785. The van der Waals surface area contributed by atoms with E-state index >= 15 is 0 Å². The smallest absolute Gasteiger partial charge is 0.0927 e. The van der Waals surface area contributed by atoms with E-state index in [9.17, 15) is 4.57 Å². The summed E-state index contributed by atoms with van der Waals surface area (Å²) >= 11 is 0. The normalized spacial score (nSPS) is 17.4. The molecule has 16 heavy (non-hydrogen) atoms. The molecule has 0 aliphatic carbocycles. The van der Waals surface area contributed by atoms with Crippen LogP contribution in [0.1, 0.15) is 73.1 Å². The molecule has 0 radical (unpaired) electrons. The van der Waals surface area contributed by atoms with Crippen molar-refractivity contribution in [2.75, 3.05) is 6.16 Å². The molecule has 2 unspecified atom stereocenters. The van der Waals surface area contributed by atoms with E-state index in [1.807, 2.05) is 0 Å². The summed E-state index contributed by atoms with van der Waals surface area (Å²) in [7, 11) is -1.93. The third kappa shape index (κ3) is 5.04. The second-order valence-electron chi connectivity index (χ2n) is 5.34. The van der Waals surface area contributed by atoms with Crippen LogP contribution < -0.4 is 0 Å². The summed E-state index contributed by atoms with van der Waals surface area (Å²) in [6.07, 6.45) is 8.40. The maximum Gasteiger partial charge on any atom is 0.0927 e. The van der Waals surface area contributed by atoms with Gasteiger partial charge < -0.3 is 4.57 Å². The van der Waals surface area contributed by atoms with Gasteiger partial charge in [0, 0.05) is 17.5 Å². The van der Waals surface area contributed by atoms with E-state index in [1.165, 1.54) is 32.1 Å². The fourth-order valence-corrected chi connectivity index (χ4v) is 5.57. The Morgan fingerprint density at radius 2 is 1.50 bits per heavy atom. The zero-order valence-electron chi connectivity index (χ0n) is 12.0. The molecule has 0 aromatic carbocycles. The highest BCUT2D eigenvalue weighted by Gasteiger charge is 2.30. The summed E-state index contributed by atoms with van der Waals surface area (Å²) in [6, 6.07) is 0. The fraction of sp³-hybridized carbons (Fsp3) is 1.00. The van der Waals surface area contributed by atoms with Gasteiger partial charge in [-0.1, -0.05) is 60.3 Å². The third-order valence-corrected chi connectivity index (χ3v) is 8.44. The van der Waals surface area contributed by atoms with E-state index in [1.54, 1.807) is 0 Å². The highest BCUT2D eigenvalue weighted by molar-refractivity contribution is 7.65. The van der Waals surface area contributed by atoms with E-state index in [-0.39, 0.29) is 0 Å². The molecule has 0 bridgehead atoms. The van der Waals surface area contributed by atoms with Crippen LogP contribution in [0.25, 0.3) is 0 Å². The highest BCUT2D eigenvalue weighted by atomic mass is 31.2. The molecule has 0 aromatic heterocycles. The topological polar surface area (TPSA) is 17.1 Å². The molecule has 2 atom stereocenters. The van der Waals surface area contributed by atoms with Gasteiger partial charge in [-0.25, -0.2) is 0 Å². The molecule has 98 valence electrons. The van der Waals surface area contributed by atoms with Gasteiger partial charge in [0.1, 0.15) is 0 Å².